The molecule has 0 bridgehead atoms. The molecule has 0 unspecified atom stereocenters. The van der Waals surface area contributed by atoms with Crippen molar-refractivity contribution >= 4 is 22.7 Å². The van der Waals surface area contributed by atoms with Crippen molar-refractivity contribution in [2.75, 3.05) is 0 Å². The Morgan fingerprint density at radius 1 is 1.27 bits per heavy atom. The van der Waals surface area contributed by atoms with Crippen molar-refractivity contribution < 1.29 is 22.4 Å². The number of fused-ring (bicyclic) bond motifs is 2. The van der Waals surface area contributed by atoms with Gasteiger partial charge in [0.25, 0.3) is 5.91 Å². The third kappa shape index (κ3) is 3.17. The monoisotopic (exact) mass is 415 g/mol. The number of benzene rings is 1. The summed E-state index contributed by atoms with van der Waals surface area (Å²) in [6.07, 6.45) is -1.02. The molecule has 7 nitrogen and oxygen atoms in total. The van der Waals surface area contributed by atoms with Crippen LogP contribution >= 0.6 is 0 Å². The van der Waals surface area contributed by atoms with E-state index in [0.29, 0.717) is 35.3 Å². The molecule has 1 aliphatic rings. The van der Waals surface area contributed by atoms with E-state index in [1.807, 2.05) is 0 Å². The van der Waals surface area contributed by atoms with Gasteiger partial charge in [-0.2, -0.15) is 18.3 Å². The van der Waals surface area contributed by atoms with E-state index in [-0.39, 0.29) is 5.69 Å². The van der Waals surface area contributed by atoms with Crippen molar-refractivity contribution in [3.63, 3.8) is 0 Å². The fraction of sp³-hybridized carbons (Fsp3) is 0.300. The number of nitrogens with one attached hydrogen (secondary N) is 1. The molecule has 5 rings (SSSR count). The fourth-order valence-corrected chi connectivity index (χ4v) is 3.55. The number of rotatable bonds is 4. The minimum Gasteiger partial charge on any atom is -0.443 e. The van der Waals surface area contributed by atoms with Gasteiger partial charge in [-0.3, -0.25) is 4.79 Å². The molecular weight excluding hydrogens is 399 g/mol. The lowest BCUT2D eigenvalue weighted by molar-refractivity contribution is -0.158. The number of imidazole rings is 1. The highest BCUT2D eigenvalue weighted by Gasteiger charge is 2.49. The predicted molar refractivity (Wildman–Crippen MR) is 101 cm³/mol. The second-order valence-corrected chi connectivity index (χ2v) is 7.46. The maximum Gasteiger partial charge on any atom is 0.408 e. The molecule has 154 valence electrons. The van der Waals surface area contributed by atoms with Gasteiger partial charge in [-0.05, 0) is 55.5 Å². The molecule has 1 amide bonds. The number of amides is 1. The summed E-state index contributed by atoms with van der Waals surface area (Å²) in [6.45, 7) is 1.80. The fourth-order valence-electron chi connectivity index (χ4n) is 3.55. The number of aromatic nitrogens is 4. The van der Waals surface area contributed by atoms with Crippen molar-refractivity contribution in [2.24, 2.45) is 5.92 Å². The molecule has 0 spiro atoms. The maximum atomic E-state index is 13.3. The Bertz CT molecular complexity index is 1270. The minimum atomic E-state index is -4.50. The third-order valence-electron chi connectivity index (χ3n) is 5.24. The number of alkyl halides is 3. The molecule has 1 saturated carbocycles. The van der Waals surface area contributed by atoms with Gasteiger partial charge >= 0.3 is 6.18 Å². The molecule has 0 aliphatic heterocycles. The van der Waals surface area contributed by atoms with Crippen LogP contribution in [-0.4, -0.2) is 37.7 Å². The Morgan fingerprint density at radius 3 is 2.80 bits per heavy atom. The summed E-state index contributed by atoms with van der Waals surface area (Å²) >= 11 is 0. The van der Waals surface area contributed by atoms with E-state index in [9.17, 15) is 18.0 Å². The van der Waals surface area contributed by atoms with Crippen LogP contribution in [0.15, 0.2) is 41.3 Å². The van der Waals surface area contributed by atoms with Gasteiger partial charge in [-0.15, -0.1) is 0 Å². The van der Waals surface area contributed by atoms with E-state index < -0.39 is 24.0 Å². The van der Waals surface area contributed by atoms with Crippen LogP contribution < -0.4 is 5.32 Å². The highest BCUT2D eigenvalue weighted by atomic mass is 19.4. The van der Waals surface area contributed by atoms with Crippen molar-refractivity contribution in [3.8, 4) is 11.3 Å². The summed E-state index contributed by atoms with van der Waals surface area (Å²) < 4.78 is 46.5. The highest BCUT2D eigenvalue weighted by Crippen LogP contribution is 2.40. The second-order valence-electron chi connectivity index (χ2n) is 7.46. The molecule has 0 radical (unpaired) electrons. The first-order valence-corrected chi connectivity index (χ1v) is 9.38. The Balaban J connectivity index is 1.54. The van der Waals surface area contributed by atoms with Gasteiger partial charge in [0.1, 0.15) is 11.6 Å². The summed E-state index contributed by atoms with van der Waals surface area (Å²) in [4.78, 5) is 21.0. The van der Waals surface area contributed by atoms with E-state index in [1.54, 1.807) is 31.2 Å². The zero-order valence-corrected chi connectivity index (χ0v) is 15.8. The van der Waals surface area contributed by atoms with Gasteiger partial charge < -0.3 is 9.73 Å². The number of hydrogen-bond donors (Lipinski definition) is 1. The van der Waals surface area contributed by atoms with Crippen LogP contribution in [0.5, 0.6) is 0 Å². The Hall–Kier alpha value is -3.43. The topological polar surface area (TPSA) is 85.3 Å². The average Bonchev–Trinajstić information content (AvgIpc) is 3.24. The number of halogens is 3. The van der Waals surface area contributed by atoms with Gasteiger partial charge in [-0.25, -0.2) is 14.5 Å². The number of carbonyl (C=O) groups excluding carboxylic acids is 1. The highest BCUT2D eigenvalue weighted by molar-refractivity contribution is 5.93. The molecule has 1 aliphatic carbocycles. The van der Waals surface area contributed by atoms with Gasteiger partial charge in [-0.1, -0.05) is 0 Å². The van der Waals surface area contributed by atoms with Crippen LogP contribution in [0.1, 0.15) is 28.9 Å². The van der Waals surface area contributed by atoms with Gasteiger partial charge in [0.05, 0.1) is 11.9 Å². The predicted octanol–water partition coefficient (Wildman–Crippen LogP) is 3.92. The molecule has 4 aromatic rings. The number of carbonyl (C=O) groups is 1. The van der Waals surface area contributed by atoms with Crippen LogP contribution in [0.4, 0.5) is 13.2 Å². The first kappa shape index (κ1) is 18.6. The van der Waals surface area contributed by atoms with E-state index in [0.717, 1.165) is 11.1 Å². The van der Waals surface area contributed by atoms with Crippen LogP contribution in [0, 0.1) is 12.8 Å². The zero-order valence-electron chi connectivity index (χ0n) is 15.8. The third-order valence-corrected chi connectivity index (χ3v) is 5.24. The van der Waals surface area contributed by atoms with Gasteiger partial charge in [0, 0.05) is 5.56 Å². The van der Waals surface area contributed by atoms with Crippen molar-refractivity contribution in [2.45, 2.75) is 32.0 Å². The normalized spacial score (nSPS) is 15.6. The minimum absolute atomic E-state index is 0.0487. The molecule has 1 N–H and O–H groups in total. The van der Waals surface area contributed by atoms with Crippen molar-refractivity contribution in [1.82, 2.24) is 24.9 Å². The Morgan fingerprint density at radius 2 is 2.07 bits per heavy atom. The molecule has 1 fully saturated rings. The second kappa shape index (κ2) is 6.54. The van der Waals surface area contributed by atoms with Crippen LogP contribution in [-0.2, 0) is 0 Å². The lowest BCUT2D eigenvalue weighted by atomic mass is 10.1. The summed E-state index contributed by atoms with van der Waals surface area (Å²) in [6, 6.07) is 5.27. The maximum absolute atomic E-state index is 13.3. The van der Waals surface area contributed by atoms with Crippen LogP contribution in [0.2, 0.25) is 0 Å². The number of oxazole rings is 1. The van der Waals surface area contributed by atoms with E-state index in [4.69, 9.17) is 4.42 Å². The average molecular weight is 415 g/mol. The zero-order chi connectivity index (χ0) is 21.0. The largest absolute Gasteiger partial charge is 0.443 e. The lowest BCUT2D eigenvalue weighted by Crippen LogP contribution is -2.47. The van der Waals surface area contributed by atoms with Crippen LogP contribution in [0.25, 0.3) is 28.0 Å². The molecule has 30 heavy (non-hydrogen) atoms. The summed E-state index contributed by atoms with van der Waals surface area (Å²) in [5.41, 5.74) is 3.62. The first-order valence-electron chi connectivity index (χ1n) is 9.38. The summed E-state index contributed by atoms with van der Waals surface area (Å²) in [5, 5.41) is 6.59. The van der Waals surface area contributed by atoms with E-state index in [1.165, 1.54) is 17.1 Å². The molecule has 1 atom stereocenters. The van der Waals surface area contributed by atoms with Gasteiger partial charge in [0.15, 0.2) is 23.3 Å². The van der Waals surface area contributed by atoms with Crippen LogP contribution in [0.3, 0.4) is 0 Å². The SMILES string of the molecule is Cc1cc(-c2ccc3ocnc3c2)nn2c(C(=O)N[C@H](C3CC3)C(F)(F)F)cnc12. The molecular formula is C20H16F3N5O2. The summed E-state index contributed by atoms with van der Waals surface area (Å²) in [7, 11) is 0. The molecule has 1 aromatic carbocycles. The van der Waals surface area contributed by atoms with Crippen molar-refractivity contribution in [3.05, 3.63) is 48.1 Å². The molecule has 3 aromatic heterocycles. The van der Waals surface area contributed by atoms with Gasteiger partial charge in [0.2, 0.25) is 0 Å². The van der Waals surface area contributed by atoms with Crippen molar-refractivity contribution in [1.29, 1.82) is 0 Å². The number of aryl methyl sites for hydroxylation is 1. The summed E-state index contributed by atoms with van der Waals surface area (Å²) in [5.74, 6) is -1.43. The standard InChI is InChI=1S/C20H16F3N5O2/c1-10-6-13(12-4-5-16-14(7-12)25-9-30-16)27-28-15(8-24-18(10)28)19(29)26-17(11-2-3-11)20(21,22)23/h4-9,11,17H,2-3H2,1H3,(H,26,29)/t17-/m1/s1. The smallest absolute Gasteiger partial charge is 0.408 e. The molecule has 3 heterocycles. The Labute approximate surface area is 167 Å². The molecule has 0 saturated heterocycles. The van der Waals surface area contributed by atoms with E-state index in [2.05, 4.69) is 20.4 Å². The lowest BCUT2D eigenvalue weighted by Gasteiger charge is -2.21. The number of nitrogens with zero attached hydrogens (tertiary/aromatic N) is 4. The number of hydrogen-bond acceptors (Lipinski definition) is 5. The first-order chi connectivity index (χ1) is 14.3. The Kier molecular flexibility index (Phi) is 4.05. The quantitative estimate of drug-likeness (QED) is 0.546. The van der Waals surface area contributed by atoms with E-state index >= 15 is 0 Å². The molecule has 10 heteroatoms.